The summed E-state index contributed by atoms with van der Waals surface area (Å²) < 4.78 is 1.01. The number of rotatable bonds is 10. The van der Waals surface area contributed by atoms with Crippen LogP contribution in [0.3, 0.4) is 0 Å². The van der Waals surface area contributed by atoms with Gasteiger partial charge >= 0.3 is 0 Å². The number of hydrogen-bond donors (Lipinski definition) is 3. The molecule has 0 fully saturated rings. The molecule has 0 aliphatic heterocycles. The molecule has 1 atom stereocenters. The molecule has 0 saturated carbocycles. The zero-order valence-corrected chi connectivity index (χ0v) is 25.3. The summed E-state index contributed by atoms with van der Waals surface area (Å²) >= 11 is 2.85. The van der Waals surface area contributed by atoms with Crippen molar-refractivity contribution in [2.45, 2.75) is 30.4 Å². The Balaban J connectivity index is 1.30. The van der Waals surface area contributed by atoms with Crippen LogP contribution < -0.4 is 16.0 Å². The highest BCUT2D eigenvalue weighted by Crippen LogP contribution is 2.30. The normalized spacial score (nSPS) is 12.0. The Labute approximate surface area is 258 Å². The van der Waals surface area contributed by atoms with E-state index in [-0.39, 0.29) is 22.8 Å². The van der Waals surface area contributed by atoms with Crippen molar-refractivity contribution in [2.75, 3.05) is 10.6 Å². The van der Waals surface area contributed by atoms with E-state index in [4.69, 9.17) is 0 Å². The largest absolute Gasteiger partial charge is 0.321 e. The van der Waals surface area contributed by atoms with Crippen LogP contribution in [0.1, 0.15) is 34.8 Å². The second kappa shape index (κ2) is 14.0. The Bertz CT molecular complexity index is 1770. The molecule has 7 nitrogen and oxygen atoms in total. The molecule has 43 heavy (non-hydrogen) atoms. The van der Waals surface area contributed by atoms with E-state index in [2.05, 4.69) is 20.9 Å². The standard InChI is InChI=1S/C34H30N4O3S2/c1-3-29(33(41)38-34-37-27-18-9-10-19-30(27)43-34)42-26-17-11-16-25(21-26)35-32(40)28(20-24-15-8-7-12-22(24)2)36-31(39)23-13-5-4-6-14-23/h4-21,29H,3H2,1-2H3,(H,35,40)(H,36,39)(H,37,38,41)/b28-20-. The first kappa shape index (κ1) is 29.8. The highest BCUT2D eigenvalue weighted by molar-refractivity contribution is 8.00. The average Bonchev–Trinajstić information content (AvgIpc) is 3.43. The molecule has 3 amide bonds. The molecule has 1 aromatic heterocycles. The Morgan fingerprint density at radius 2 is 1.63 bits per heavy atom. The molecule has 5 rings (SSSR count). The molecular weight excluding hydrogens is 577 g/mol. The second-order valence-corrected chi connectivity index (χ2v) is 12.0. The van der Waals surface area contributed by atoms with Crippen LogP contribution in [-0.4, -0.2) is 28.0 Å². The van der Waals surface area contributed by atoms with E-state index in [0.717, 1.165) is 26.2 Å². The number of fused-ring (bicyclic) bond motifs is 1. The SMILES string of the molecule is CCC(Sc1cccc(NC(=O)/C(=C/c2ccccc2C)NC(=O)c2ccccc2)c1)C(=O)Nc1nc2ccccc2s1. The van der Waals surface area contributed by atoms with E-state index in [9.17, 15) is 14.4 Å². The van der Waals surface area contributed by atoms with Gasteiger partial charge in [-0.05, 0) is 73.0 Å². The minimum Gasteiger partial charge on any atom is -0.321 e. The highest BCUT2D eigenvalue weighted by Gasteiger charge is 2.20. The Kier molecular flexibility index (Phi) is 9.66. The third kappa shape index (κ3) is 7.77. The van der Waals surface area contributed by atoms with Crippen LogP contribution in [0.4, 0.5) is 10.8 Å². The molecule has 3 N–H and O–H groups in total. The molecule has 0 aliphatic rings. The summed E-state index contributed by atoms with van der Waals surface area (Å²) in [6.07, 6.45) is 2.27. The van der Waals surface area contributed by atoms with Crippen molar-refractivity contribution < 1.29 is 14.4 Å². The minimum absolute atomic E-state index is 0.114. The van der Waals surface area contributed by atoms with Crippen LogP contribution in [0.5, 0.6) is 0 Å². The van der Waals surface area contributed by atoms with Crippen molar-refractivity contribution in [2.24, 2.45) is 0 Å². The molecule has 0 radical (unpaired) electrons. The van der Waals surface area contributed by atoms with Gasteiger partial charge in [0.2, 0.25) is 5.91 Å². The molecule has 0 saturated heterocycles. The van der Waals surface area contributed by atoms with Gasteiger partial charge < -0.3 is 16.0 Å². The number of thiazole rings is 1. The first-order valence-corrected chi connectivity index (χ1v) is 15.5. The first-order valence-electron chi connectivity index (χ1n) is 13.8. The smallest absolute Gasteiger partial charge is 0.272 e. The monoisotopic (exact) mass is 606 g/mol. The number of hydrogen-bond acceptors (Lipinski definition) is 6. The molecule has 1 heterocycles. The molecule has 1 unspecified atom stereocenters. The third-order valence-electron chi connectivity index (χ3n) is 6.57. The maximum absolute atomic E-state index is 13.5. The van der Waals surface area contributed by atoms with Crippen molar-refractivity contribution in [1.82, 2.24) is 10.3 Å². The number of aryl methyl sites for hydroxylation is 1. The lowest BCUT2D eigenvalue weighted by Gasteiger charge is -2.15. The molecule has 0 bridgehead atoms. The lowest BCUT2D eigenvalue weighted by Crippen LogP contribution is -2.30. The summed E-state index contributed by atoms with van der Waals surface area (Å²) in [7, 11) is 0. The van der Waals surface area contributed by atoms with Gasteiger partial charge in [0, 0.05) is 16.1 Å². The van der Waals surface area contributed by atoms with Gasteiger partial charge in [0.15, 0.2) is 5.13 Å². The van der Waals surface area contributed by atoms with E-state index in [1.807, 2.05) is 86.6 Å². The summed E-state index contributed by atoms with van der Waals surface area (Å²) in [5.74, 6) is -0.979. The van der Waals surface area contributed by atoms with E-state index >= 15 is 0 Å². The topological polar surface area (TPSA) is 100 Å². The van der Waals surface area contributed by atoms with Gasteiger partial charge in [-0.15, -0.1) is 11.8 Å². The van der Waals surface area contributed by atoms with Crippen molar-refractivity contribution in [3.8, 4) is 0 Å². The molecule has 0 aliphatic carbocycles. The van der Waals surface area contributed by atoms with Crippen LogP contribution in [-0.2, 0) is 9.59 Å². The zero-order valence-electron chi connectivity index (χ0n) is 23.7. The van der Waals surface area contributed by atoms with Crippen LogP contribution in [0.15, 0.2) is 114 Å². The third-order valence-corrected chi connectivity index (χ3v) is 8.88. The Hall–Kier alpha value is -4.73. The number of amides is 3. The Morgan fingerprint density at radius 3 is 2.40 bits per heavy atom. The number of para-hydroxylation sites is 1. The van der Waals surface area contributed by atoms with E-state index in [1.165, 1.54) is 23.1 Å². The van der Waals surface area contributed by atoms with Gasteiger partial charge in [-0.1, -0.05) is 78.9 Å². The number of thioether (sulfide) groups is 1. The Morgan fingerprint density at radius 1 is 0.884 bits per heavy atom. The molecular formula is C34H30N4O3S2. The van der Waals surface area contributed by atoms with Gasteiger partial charge in [-0.25, -0.2) is 4.98 Å². The van der Waals surface area contributed by atoms with Gasteiger partial charge in [0.25, 0.3) is 11.8 Å². The summed E-state index contributed by atoms with van der Waals surface area (Å²) in [5, 5.41) is 8.85. The number of nitrogens with zero attached hydrogens (tertiary/aromatic N) is 1. The zero-order chi connectivity index (χ0) is 30.2. The van der Waals surface area contributed by atoms with Crippen molar-refractivity contribution in [1.29, 1.82) is 0 Å². The van der Waals surface area contributed by atoms with Crippen molar-refractivity contribution in [3.05, 3.63) is 126 Å². The maximum atomic E-state index is 13.5. The van der Waals surface area contributed by atoms with Gasteiger partial charge in [-0.3, -0.25) is 14.4 Å². The maximum Gasteiger partial charge on any atom is 0.272 e. The fourth-order valence-electron chi connectivity index (χ4n) is 4.29. The molecule has 4 aromatic carbocycles. The number of anilines is 2. The van der Waals surface area contributed by atoms with Crippen molar-refractivity contribution in [3.63, 3.8) is 0 Å². The fraction of sp³-hybridized carbons (Fsp3) is 0.118. The summed E-state index contributed by atoms with van der Waals surface area (Å²) in [4.78, 5) is 44.9. The minimum atomic E-state index is -0.463. The second-order valence-electron chi connectivity index (χ2n) is 9.71. The number of benzene rings is 4. The lowest BCUT2D eigenvalue weighted by atomic mass is 10.1. The number of carbonyl (C=O) groups excluding carboxylic acids is 3. The molecule has 5 aromatic rings. The van der Waals surface area contributed by atoms with Crippen molar-refractivity contribution >= 4 is 67.9 Å². The summed E-state index contributed by atoms with van der Waals surface area (Å²) in [6.45, 7) is 3.90. The quantitative estimate of drug-likeness (QED) is 0.113. The van der Waals surface area contributed by atoms with Gasteiger partial charge in [0.1, 0.15) is 5.70 Å². The number of nitrogens with one attached hydrogen (secondary N) is 3. The number of carbonyl (C=O) groups is 3. The predicted molar refractivity (Wildman–Crippen MR) is 176 cm³/mol. The average molecular weight is 607 g/mol. The van der Waals surface area contributed by atoms with E-state index in [1.54, 1.807) is 36.4 Å². The van der Waals surface area contributed by atoms with Crippen LogP contribution in [0.25, 0.3) is 16.3 Å². The molecule has 0 spiro atoms. The summed E-state index contributed by atoms with van der Waals surface area (Å²) in [5.41, 5.74) is 3.73. The highest BCUT2D eigenvalue weighted by atomic mass is 32.2. The predicted octanol–water partition coefficient (Wildman–Crippen LogP) is 7.52. The van der Waals surface area contributed by atoms with Crippen LogP contribution in [0, 0.1) is 6.92 Å². The first-order chi connectivity index (χ1) is 20.9. The van der Waals surface area contributed by atoms with Crippen LogP contribution >= 0.6 is 23.1 Å². The number of aromatic nitrogens is 1. The molecule has 216 valence electrons. The van der Waals surface area contributed by atoms with E-state index < -0.39 is 5.91 Å². The van der Waals surface area contributed by atoms with Gasteiger partial charge in [-0.2, -0.15) is 0 Å². The summed E-state index contributed by atoms with van der Waals surface area (Å²) in [6, 6.07) is 31.4. The van der Waals surface area contributed by atoms with Crippen LogP contribution in [0.2, 0.25) is 0 Å². The molecule has 9 heteroatoms. The van der Waals surface area contributed by atoms with E-state index in [0.29, 0.717) is 22.8 Å². The van der Waals surface area contributed by atoms with Gasteiger partial charge in [0.05, 0.1) is 15.5 Å². The lowest BCUT2D eigenvalue weighted by molar-refractivity contribution is -0.116. The fourth-order valence-corrected chi connectivity index (χ4v) is 6.17.